The molecule has 10 rings (SSSR count). The van der Waals surface area contributed by atoms with Gasteiger partial charge in [0.2, 0.25) is 11.7 Å². The van der Waals surface area contributed by atoms with Crippen molar-refractivity contribution in [2.75, 3.05) is 0 Å². The zero-order valence-electron chi connectivity index (χ0n) is 38.9. The van der Waals surface area contributed by atoms with Crippen LogP contribution in [-0.4, -0.2) is 46.5 Å². The number of thiophene rings is 8. The van der Waals surface area contributed by atoms with E-state index in [1.54, 1.807) is 69.0 Å². The molecule has 2 aliphatic carbocycles. The van der Waals surface area contributed by atoms with Crippen molar-refractivity contribution in [3.63, 3.8) is 0 Å². The molecule has 8 heterocycles. The maximum Gasteiger partial charge on any atom is 0.385 e. The van der Waals surface area contributed by atoms with E-state index in [1.165, 1.54) is 84.7 Å². The summed E-state index contributed by atoms with van der Waals surface area (Å²) in [4.78, 5) is 8.58. The van der Waals surface area contributed by atoms with E-state index in [0.717, 1.165) is 32.4 Å². The summed E-state index contributed by atoms with van der Waals surface area (Å²) in [5.41, 5.74) is -3.09. The Morgan fingerprint density at radius 3 is 0.973 bits per heavy atom. The van der Waals surface area contributed by atoms with Crippen molar-refractivity contribution in [1.29, 1.82) is 2.67 Å². The average molecular weight is 1440 g/mol. The van der Waals surface area contributed by atoms with E-state index in [9.17, 15) is 43.9 Å². The van der Waals surface area contributed by atoms with Gasteiger partial charge >= 0.3 is 35.5 Å². The van der Waals surface area contributed by atoms with Gasteiger partial charge < -0.3 is 0 Å². The quantitative estimate of drug-likeness (QED) is 0.119. The number of rotatable bonds is 5. The van der Waals surface area contributed by atoms with Crippen molar-refractivity contribution in [2.24, 2.45) is 0 Å². The van der Waals surface area contributed by atoms with Crippen LogP contribution in [0.15, 0.2) is 122 Å². The standard InChI is InChI=1S/C23H14F6S4.C9H7BrS2.C5H4Br2S.C5F8.C4H3BrS.BH2/c1-11-13(9-17(32-11)15-5-3-7-30-15)19-20(22(26,27)23(28,29)21(19,24)25)14-10-18(33-12(14)2)16-6-4-8-31-16;1-6-7(10)5-9(12-6)8-3-2-4-11-8;1-3-4(6)2-5(7)8-3;6-1-2(7)4(10,11)5(12,13)3(1,8)9;5-4-2-1-3-6-4;/h3-10H,1-2H3;2-5H,1H3;2H,1H3;;1-3H;1H2/i;;;;;1T2. The third-order valence-corrected chi connectivity index (χ3v) is 21.6. The molecule has 73 heavy (non-hydrogen) atoms. The van der Waals surface area contributed by atoms with Gasteiger partial charge in [-0.2, -0.15) is 52.7 Å². The van der Waals surface area contributed by atoms with Crippen LogP contribution in [0.1, 0.15) is 30.6 Å². The molecule has 0 unspecified atom stereocenters. The predicted octanol–water partition coefficient (Wildman–Crippen LogP) is 22.5. The van der Waals surface area contributed by atoms with Crippen molar-refractivity contribution in [3.8, 4) is 29.3 Å². The highest BCUT2D eigenvalue weighted by Gasteiger charge is 2.82. The summed E-state index contributed by atoms with van der Waals surface area (Å²) in [5, 5.41) is 7.73. The first-order valence-electron chi connectivity index (χ1n) is 20.8. The molecule has 8 aromatic rings. The number of alkyl halides is 12. The molecule has 0 aromatic carbocycles. The fourth-order valence-corrected chi connectivity index (χ4v) is 15.9. The van der Waals surface area contributed by atoms with Crippen molar-refractivity contribution in [1.82, 2.24) is 0 Å². The molecule has 0 aliphatic heterocycles. The van der Waals surface area contributed by atoms with Gasteiger partial charge in [0.05, 0.1) is 15.9 Å². The van der Waals surface area contributed by atoms with Gasteiger partial charge in [0.1, 0.15) is 0 Å². The van der Waals surface area contributed by atoms with E-state index in [0.29, 0.717) is 18.1 Å². The fourth-order valence-electron chi connectivity index (χ4n) is 6.41. The summed E-state index contributed by atoms with van der Waals surface area (Å²) >= 11 is 25.6. The third kappa shape index (κ3) is 12.4. The van der Waals surface area contributed by atoms with Crippen LogP contribution < -0.4 is 0 Å². The average Bonchev–Trinajstić information content (AvgIpc) is 4.18. The Hall–Kier alpha value is -1.92. The summed E-state index contributed by atoms with van der Waals surface area (Å²) in [6, 6.07) is 22.2. The first-order valence-corrected chi connectivity index (χ1v) is 29.6. The van der Waals surface area contributed by atoms with E-state index in [-0.39, 0.29) is 20.9 Å². The van der Waals surface area contributed by atoms with Crippen LogP contribution in [0.2, 0.25) is 0 Å². The predicted molar refractivity (Wildman–Crippen MR) is 296 cm³/mol. The fraction of sp³-hybridized carbons (Fsp3) is 0.217. The minimum absolute atomic E-state index is 0.261. The number of allylic oxidation sites excluding steroid dienone is 4. The molecule has 0 nitrogen and oxygen atoms in total. The number of hydrogen-bond donors (Lipinski definition) is 0. The maximum atomic E-state index is 15.2. The van der Waals surface area contributed by atoms with Gasteiger partial charge in [-0.05, 0) is 175 Å². The maximum absolute atomic E-state index is 15.2. The highest BCUT2D eigenvalue weighted by molar-refractivity contribution is 9.11. The SMILES string of the molecule is Brc1cccs1.Cc1sc(-c2cccs2)cc1Br.Cc1sc(-c2cccs2)cc1C1=C(c2cc(-c3cccs3)sc2C)C(F)(F)C(F)(F)C1(F)F.Cc1sc(Br)cc1Br.FC1=C(F)C(F)(F)C(F)(F)C1(F)F.[3H][B][3H]. The molecule has 0 saturated heterocycles. The van der Waals surface area contributed by atoms with Gasteiger partial charge in [-0.1, -0.05) is 24.3 Å². The molecule has 0 spiro atoms. The first-order chi connectivity index (χ1) is 34.8. The third-order valence-electron chi connectivity index (χ3n) is 10.0. The number of aryl methyl sites for hydroxylation is 4. The normalized spacial score (nSPS) is 17.6. The lowest BCUT2D eigenvalue weighted by molar-refractivity contribution is -0.271. The van der Waals surface area contributed by atoms with Gasteiger partial charge in [0.25, 0.3) is 0 Å². The molecule has 2 aliphatic rings. The summed E-state index contributed by atoms with van der Waals surface area (Å²) in [6.45, 7) is 7.19. The topological polar surface area (TPSA) is 0 Å². The Morgan fingerprint density at radius 1 is 0.411 bits per heavy atom. The minimum Gasteiger partial charge on any atom is -0.202 e. The first kappa shape index (κ1) is 58.8. The van der Waals surface area contributed by atoms with Crippen LogP contribution in [0.5, 0.6) is 0 Å². The smallest absolute Gasteiger partial charge is 0.202 e. The lowest BCUT2D eigenvalue weighted by Crippen LogP contribution is -2.48. The molecule has 0 fully saturated rings. The number of hydrogen-bond acceptors (Lipinski definition) is 8. The monoisotopic (exact) mass is 1430 g/mol. The van der Waals surface area contributed by atoms with Crippen LogP contribution in [0.4, 0.5) is 61.5 Å². The van der Waals surface area contributed by atoms with Crippen LogP contribution in [0.25, 0.3) is 40.4 Å². The molecule has 27 heteroatoms. The van der Waals surface area contributed by atoms with E-state index < -0.39 is 58.3 Å². The van der Waals surface area contributed by atoms with Crippen molar-refractivity contribution in [2.45, 2.75) is 63.2 Å². The summed E-state index contributed by atoms with van der Waals surface area (Å²) in [7, 11) is 0.500. The zero-order chi connectivity index (χ0) is 56.2. The zero-order valence-corrected chi connectivity index (χ0v) is 49.8. The van der Waals surface area contributed by atoms with Crippen molar-refractivity contribution in [3.05, 3.63) is 153 Å². The van der Waals surface area contributed by atoms with Crippen LogP contribution in [0.3, 0.4) is 0 Å². The Morgan fingerprint density at radius 2 is 0.740 bits per heavy atom. The number of halogens is 18. The highest BCUT2D eigenvalue weighted by atomic mass is 79.9. The summed E-state index contributed by atoms with van der Waals surface area (Å²) in [6.07, 6.45) is 0. The highest BCUT2D eigenvalue weighted by Crippen LogP contribution is 2.66. The second-order valence-corrected chi connectivity index (χ2v) is 28.1. The van der Waals surface area contributed by atoms with E-state index in [2.05, 4.69) is 107 Å². The lowest BCUT2D eigenvalue weighted by Gasteiger charge is -2.25. The lowest BCUT2D eigenvalue weighted by atomic mass is 9.95. The van der Waals surface area contributed by atoms with Crippen LogP contribution >= 0.6 is 154 Å². The molecule has 0 N–H and O–H groups in total. The van der Waals surface area contributed by atoms with Gasteiger partial charge in [-0.15, -0.1) is 90.7 Å². The molecule has 0 saturated carbocycles. The Bertz CT molecular complexity index is 3030. The summed E-state index contributed by atoms with van der Waals surface area (Å²) in [5.74, 6) is -40.1. The van der Waals surface area contributed by atoms with Crippen molar-refractivity contribution >= 4 is 174 Å². The van der Waals surface area contributed by atoms with E-state index in [1.807, 2.05) is 28.8 Å². The van der Waals surface area contributed by atoms with Crippen molar-refractivity contribution < 1.29 is 61.5 Å². The largest absolute Gasteiger partial charge is 0.385 e. The second-order valence-electron chi connectivity index (χ2n) is 14.8. The molecule has 0 atom stereocenters. The Labute approximate surface area is 479 Å². The molecule has 1 radical (unpaired) electrons. The van der Waals surface area contributed by atoms with Gasteiger partial charge in [0.15, 0.2) is 0 Å². The van der Waals surface area contributed by atoms with E-state index in [4.69, 9.17) is 2.67 Å². The second kappa shape index (κ2) is 24.0. The van der Waals surface area contributed by atoms with Gasteiger partial charge in [-0.3, -0.25) is 0 Å². The minimum atomic E-state index is -6.06. The van der Waals surface area contributed by atoms with Gasteiger partial charge in [-0.25, -0.2) is 8.78 Å². The molecule has 0 bridgehead atoms. The van der Waals surface area contributed by atoms with Crippen LogP contribution in [0, 0.1) is 27.7 Å². The molecule has 391 valence electrons. The van der Waals surface area contributed by atoms with E-state index >= 15 is 17.6 Å². The molecular formula is C46H30BBr4F14S8. The molecule has 0 amide bonds. The Balaban J connectivity index is 0.000000202. The van der Waals surface area contributed by atoms with Gasteiger partial charge in [0, 0.05) is 68.9 Å². The molecule has 8 aromatic heterocycles. The molecular weight excluding hydrogens is 1410 g/mol. The Kier molecular flexibility index (Phi) is 19.3. The summed E-state index contributed by atoms with van der Waals surface area (Å²) < 4.78 is 202. The van der Waals surface area contributed by atoms with Crippen LogP contribution in [-0.2, 0) is 0 Å².